The number of rotatable bonds is 5. The summed E-state index contributed by atoms with van der Waals surface area (Å²) >= 11 is 2.13. The lowest BCUT2D eigenvalue weighted by Gasteiger charge is -1.90. The van der Waals surface area contributed by atoms with Crippen LogP contribution in [0, 0.1) is 0 Å². The average molecular weight is 234 g/mol. The average Bonchev–Trinajstić information content (AvgIpc) is 2.52. The highest BCUT2D eigenvalue weighted by atomic mass is 32.2. The van der Waals surface area contributed by atoms with Crippen molar-refractivity contribution in [2.75, 3.05) is 5.75 Å². The van der Waals surface area contributed by atoms with Crippen molar-refractivity contribution in [3.8, 4) is 0 Å². The van der Waals surface area contributed by atoms with E-state index in [-0.39, 0.29) is 11.4 Å². The number of nitrogens with zero attached hydrogens (tertiary/aromatic N) is 2. The highest BCUT2D eigenvalue weighted by Crippen LogP contribution is 2.22. The van der Waals surface area contributed by atoms with Gasteiger partial charge >= 0.3 is 11.9 Å². The van der Waals surface area contributed by atoms with Gasteiger partial charge in [-0.15, -0.1) is 10.2 Å². The Balaban J connectivity index is 2.44. The van der Waals surface area contributed by atoms with Gasteiger partial charge in [0.15, 0.2) is 4.34 Å². The van der Waals surface area contributed by atoms with Crippen LogP contribution in [0.1, 0.15) is 16.2 Å². The summed E-state index contributed by atoms with van der Waals surface area (Å²) in [4.78, 5) is 20.6. The van der Waals surface area contributed by atoms with Gasteiger partial charge in [0.25, 0.3) is 0 Å². The van der Waals surface area contributed by atoms with E-state index < -0.39 is 11.9 Å². The summed E-state index contributed by atoms with van der Waals surface area (Å²) in [7, 11) is 0. The van der Waals surface area contributed by atoms with Crippen LogP contribution in [0.4, 0.5) is 0 Å². The first-order chi connectivity index (χ1) is 6.59. The number of hydrogen-bond donors (Lipinski definition) is 2. The van der Waals surface area contributed by atoms with E-state index in [9.17, 15) is 9.59 Å². The maximum Gasteiger partial charge on any atom is 0.367 e. The molecule has 0 radical (unpaired) electrons. The molecule has 0 aliphatic heterocycles. The second kappa shape index (κ2) is 4.91. The van der Waals surface area contributed by atoms with Gasteiger partial charge in [0.05, 0.1) is 6.42 Å². The minimum absolute atomic E-state index is 0.0205. The smallest absolute Gasteiger partial charge is 0.367 e. The standard InChI is InChI=1S/C6H6N2O4S2/c9-3(10)1-2-13-6-8-7-4(14-6)5(11)12/h1-2H2,(H,9,10)(H,11,12). The van der Waals surface area contributed by atoms with E-state index >= 15 is 0 Å². The first-order valence-electron chi connectivity index (χ1n) is 3.51. The van der Waals surface area contributed by atoms with E-state index in [0.29, 0.717) is 10.1 Å². The Labute approximate surface area is 87.0 Å². The Bertz CT molecular complexity index is 351. The molecule has 0 saturated heterocycles. The van der Waals surface area contributed by atoms with Crippen LogP contribution in [-0.2, 0) is 4.79 Å². The van der Waals surface area contributed by atoms with E-state index in [0.717, 1.165) is 11.3 Å². The second-order valence-electron chi connectivity index (χ2n) is 2.17. The number of carboxylic acid groups (broad SMARTS) is 2. The molecule has 0 aromatic carbocycles. The topological polar surface area (TPSA) is 100 Å². The van der Waals surface area contributed by atoms with Crippen molar-refractivity contribution in [1.82, 2.24) is 10.2 Å². The van der Waals surface area contributed by atoms with Crippen LogP contribution in [0.25, 0.3) is 0 Å². The van der Waals surface area contributed by atoms with Gasteiger partial charge in [0.1, 0.15) is 0 Å². The van der Waals surface area contributed by atoms with Crippen LogP contribution >= 0.6 is 23.1 Å². The molecule has 0 unspecified atom stereocenters. The van der Waals surface area contributed by atoms with Crippen LogP contribution in [0.5, 0.6) is 0 Å². The normalized spacial score (nSPS) is 10.0. The lowest BCUT2D eigenvalue weighted by molar-refractivity contribution is -0.136. The molecule has 6 nitrogen and oxygen atoms in total. The number of carbonyl (C=O) groups is 2. The zero-order chi connectivity index (χ0) is 10.6. The molecule has 1 aromatic heterocycles. The van der Waals surface area contributed by atoms with Crippen molar-refractivity contribution < 1.29 is 19.8 Å². The SMILES string of the molecule is O=C(O)CCSc1nnc(C(=O)O)s1. The molecule has 2 N–H and O–H groups in total. The molecule has 0 spiro atoms. The fourth-order valence-electron chi connectivity index (χ4n) is 0.580. The van der Waals surface area contributed by atoms with Gasteiger partial charge in [-0.05, 0) is 0 Å². The quantitative estimate of drug-likeness (QED) is 0.727. The fourth-order valence-corrected chi connectivity index (χ4v) is 2.27. The summed E-state index contributed by atoms with van der Waals surface area (Å²) in [6, 6.07) is 0. The van der Waals surface area contributed by atoms with Gasteiger partial charge in [-0.3, -0.25) is 4.79 Å². The minimum Gasteiger partial charge on any atom is -0.481 e. The Morgan fingerprint density at radius 2 is 2.07 bits per heavy atom. The summed E-state index contributed by atoms with van der Waals surface area (Å²) in [5.41, 5.74) is 0. The Hall–Kier alpha value is -1.15. The first-order valence-corrected chi connectivity index (χ1v) is 5.31. The number of thioether (sulfide) groups is 1. The van der Waals surface area contributed by atoms with E-state index in [1.54, 1.807) is 0 Å². The van der Waals surface area contributed by atoms with E-state index in [4.69, 9.17) is 10.2 Å². The van der Waals surface area contributed by atoms with Crippen molar-refractivity contribution in [1.29, 1.82) is 0 Å². The monoisotopic (exact) mass is 234 g/mol. The maximum atomic E-state index is 10.4. The van der Waals surface area contributed by atoms with Gasteiger partial charge in [-0.25, -0.2) is 4.79 Å². The van der Waals surface area contributed by atoms with Crippen molar-refractivity contribution in [3.05, 3.63) is 5.01 Å². The van der Waals surface area contributed by atoms with Gasteiger partial charge in [0, 0.05) is 5.75 Å². The number of aliphatic carboxylic acids is 1. The van der Waals surface area contributed by atoms with Crippen LogP contribution in [0.3, 0.4) is 0 Å². The summed E-state index contributed by atoms with van der Waals surface area (Å²) in [5, 5.41) is 23.8. The molecule has 8 heteroatoms. The van der Waals surface area contributed by atoms with Crippen molar-refractivity contribution in [3.63, 3.8) is 0 Å². The van der Waals surface area contributed by atoms with Crippen molar-refractivity contribution in [2.24, 2.45) is 0 Å². The molecule has 0 fully saturated rings. The zero-order valence-corrected chi connectivity index (χ0v) is 8.47. The molecule has 0 amide bonds. The predicted molar refractivity (Wildman–Crippen MR) is 49.8 cm³/mol. The summed E-state index contributed by atoms with van der Waals surface area (Å²) in [5.74, 6) is -1.64. The largest absolute Gasteiger partial charge is 0.481 e. The first kappa shape index (κ1) is 10.9. The third-order valence-corrected chi connectivity index (χ3v) is 3.18. The van der Waals surface area contributed by atoms with Gasteiger partial charge in [-0.2, -0.15) is 0 Å². The van der Waals surface area contributed by atoms with E-state index in [2.05, 4.69) is 10.2 Å². The molecule has 14 heavy (non-hydrogen) atoms. The Morgan fingerprint density at radius 1 is 1.36 bits per heavy atom. The summed E-state index contributed by atoms with van der Waals surface area (Å²) in [6.07, 6.45) is 0.0205. The second-order valence-corrected chi connectivity index (χ2v) is 4.49. The van der Waals surface area contributed by atoms with Crippen LogP contribution < -0.4 is 0 Å². The molecule has 76 valence electrons. The minimum atomic E-state index is -1.12. The number of hydrogen-bond acceptors (Lipinski definition) is 6. The fraction of sp³-hybridized carbons (Fsp3) is 0.333. The summed E-state index contributed by atoms with van der Waals surface area (Å²) in [6.45, 7) is 0. The van der Waals surface area contributed by atoms with Crippen molar-refractivity contribution in [2.45, 2.75) is 10.8 Å². The van der Waals surface area contributed by atoms with Gasteiger partial charge < -0.3 is 10.2 Å². The molecule has 0 bridgehead atoms. The van der Waals surface area contributed by atoms with Crippen molar-refractivity contribution >= 4 is 35.0 Å². The lowest BCUT2D eigenvalue weighted by atomic mass is 10.5. The number of aromatic nitrogens is 2. The Morgan fingerprint density at radius 3 is 2.57 bits per heavy atom. The van der Waals surface area contributed by atoms with Gasteiger partial charge in [0.2, 0.25) is 5.01 Å². The molecule has 0 aliphatic carbocycles. The molecule has 1 aromatic rings. The third kappa shape index (κ3) is 3.30. The lowest BCUT2D eigenvalue weighted by Crippen LogP contribution is -1.95. The zero-order valence-electron chi connectivity index (χ0n) is 6.84. The summed E-state index contributed by atoms with van der Waals surface area (Å²) < 4.78 is 0.476. The molecule has 0 atom stereocenters. The molecule has 1 rings (SSSR count). The highest BCUT2D eigenvalue weighted by Gasteiger charge is 2.11. The van der Waals surface area contributed by atoms with Crippen LogP contribution in [0.2, 0.25) is 0 Å². The molecule has 1 heterocycles. The predicted octanol–water partition coefficient (Wildman–Crippen LogP) is 0.803. The number of aromatic carboxylic acids is 1. The molecule has 0 saturated carbocycles. The number of carboxylic acids is 2. The third-order valence-electron chi connectivity index (χ3n) is 1.13. The highest BCUT2D eigenvalue weighted by molar-refractivity contribution is 8.01. The van der Waals surface area contributed by atoms with Crippen LogP contribution in [0.15, 0.2) is 4.34 Å². The van der Waals surface area contributed by atoms with E-state index in [1.807, 2.05) is 0 Å². The van der Waals surface area contributed by atoms with E-state index in [1.165, 1.54) is 11.8 Å². The molecular weight excluding hydrogens is 228 g/mol. The molecular formula is C6H6N2O4S2. The Kier molecular flexibility index (Phi) is 3.84. The van der Waals surface area contributed by atoms with Gasteiger partial charge in [-0.1, -0.05) is 23.1 Å². The van der Waals surface area contributed by atoms with Crippen LogP contribution in [-0.4, -0.2) is 38.1 Å². The maximum absolute atomic E-state index is 10.4. The molecule has 0 aliphatic rings.